The van der Waals surface area contributed by atoms with Crippen molar-refractivity contribution < 1.29 is 9.53 Å². The molecule has 17 heavy (non-hydrogen) atoms. The van der Waals surface area contributed by atoms with Crippen LogP contribution in [0.4, 0.5) is 0 Å². The second-order valence-electron chi connectivity index (χ2n) is 5.24. The monoisotopic (exact) mass is 240 g/mol. The fourth-order valence-corrected chi connectivity index (χ4v) is 2.78. The number of hydrogen-bond acceptors (Lipinski definition) is 3. The zero-order valence-corrected chi connectivity index (χ0v) is 10.9. The lowest BCUT2D eigenvalue weighted by molar-refractivity contribution is -0.149. The van der Waals surface area contributed by atoms with E-state index in [2.05, 4.69) is 19.2 Å². The van der Waals surface area contributed by atoms with Gasteiger partial charge in [-0.15, -0.1) is 0 Å². The van der Waals surface area contributed by atoms with E-state index < -0.39 is 0 Å². The van der Waals surface area contributed by atoms with E-state index in [0.29, 0.717) is 5.91 Å². The Morgan fingerprint density at radius 2 is 2.06 bits per heavy atom. The molecule has 2 fully saturated rings. The molecular weight excluding hydrogens is 216 g/mol. The average Bonchev–Trinajstić information content (AvgIpc) is 2.38. The summed E-state index contributed by atoms with van der Waals surface area (Å²) in [5.41, 5.74) is 0. The highest BCUT2D eigenvalue weighted by Crippen LogP contribution is 2.20. The van der Waals surface area contributed by atoms with Gasteiger partial charge in [0.15, 0.2) is 0 Å². The molecule has 2 atom stereocenters. The summed E-state index contributed by atoms with van der Waals surface area (Å²) in [5, 5.41) is 3.31. The highest BCUT2D eigenvalue weighted by Gasteiger charge is 2.31. The molecule has 2 saturated heterocycles. The van der Waals surface area contributed by atoms with Crippen molar-refractivity contribution in [2.75, 3.05) is 26.2 Å². The van der Waals surface area contributed by atoms with Gasteiger partial charge in [0.2, 0.25) is 5.91 Å². The van der Waals surface area contributed by atoms with Gasteiger partial charge in [-0.3, -0.25) is 4.79 Å². The van der Waals surface area contributed by atoms with Crippen LogP contribution in [0.2, 0.25) is 0 Å². The molecule has 1 amide bonds. The van der Waals surface area contributed by atoms with E-state index in [1.807, 2.05) is 4.90 Å². The average molecular weight is 240 g/mol. The molecule has 0 aliphatic carbocycles. The zero-order chi connectivity index (χ0) is 12.3. The van der Waals surface area contributed by atoms with Crippen LogP contribution in [-0.4, -0.2) is 49.2 Å². The smallest absolute Gasteiger partial charge is 0.225 e. The summed E-state index contributed by atoms with van der Waals surface area (Å²) in [6.07, 6.45) is 3.37. The zero-order valence-electron chi connectivity index (χ0n) is 10.9. The molecule has 2 heterocycles. The molecule has 0 radical (unpaired) electrons. The molecule has 98 valence electrons. The summed E-state index contributed by atoms with van der Waals surface area (Å²) in [6, 6.07) is 0. The van der Waals surface area contributed by atoms with Crippen LogP contribution >= 0.6 is 0 Å². The van der Waals surface area contributed by atoms with Gasteiger partial charge in [-0.25, -0.2) is 0 Å². The predicted molar refractivity (Wildman–Crippen MR) is 66.8 cm³/mol. The number of nitrogens with zero attached hydrogens (tertiary/aromatic N) is 1. The molecule has 1 N–H and O–H groups in total. The van der Waals surface area contributed by atoms with Crippen molar-refractivity contribution in [1.82, 2.24) is 10.2 Å². The quantitative estimate of drug-likeness (QED) is 0.783. The standard InChI is InChI=1S/C13H24N2O2/c1-3-12-9-15(8-10(2)17-12)13(16)11-4-6-14-7-5-11/h10-12,14H,3-9H2,1-2H3. The van der Waals surface area contributed by atoms with Gasteiger partial charge in [-0.2, -0.15) is 0 Å². The first kappa shape index (κ1) is 12.8. The van der Waals surface area contributed by atoms with E-state index in [1.54, 1.807) is 0 Å². The molecule has 2 unspecified atom stereocenters. The summed E-state index contributed by atoms with van der Waals surface area (Å²) in [6.45, 7) is 7.68. The van der Waals surface area contributed by atoms with E-state index in [9.17, 15) is 4.79 Å². The fraction of sp³-hybridized carbons (Fsp3) is 0.923. The van der Waals surface area contributed by atoms with E-state index in [4.69, 9.17) is 4.74 Å². The molecule has 0 saturated carbocycles. The molecule has 2 rings (SSSR count). The van der Waals surface area contributed by atoms with E-state index in [0.717, 1.165) is 45.4 Å². The molecular formula is C13H24N2O2. The van der Waals surface area contributed by atoms with Crippen molar-refractivity contribution in [2.24, 2.45) is 5.92 Å². The van der Waals surface area contributed by atoms with Crippen LogP contribution in [0.1, 0.15) is 33.1 Å². The molecule has 2 aliphatic rings. The van der Waals surface area contributed by atoms with Gasteiger partial charge in [0.1, 0.15) is 0 Å². The minimum Gasteiger partial charge on any atom is -0.372 e. The van der Waals surface area contributed by atoms with Crippen molar-refractivity contribution in [3.63, 3.8) is 0 Å². The fourth-order valence-electron chi connectivity index (χ4n) is 2.78. The van der Waals surface area contributed by atoms with Crippen LogP contribution in [0.25, 0.3) is 0 Å². The predicted octanol–water partition coefficient (Wildman–Crippen LogP) is 1.01. The first-order chi connectivity index (χ1) is 8.20. The van der Waals surface area contributed by atoms with E-state index in [-0.39, 0.29) is 18.1 Å². The highest BCUT2D eigenvalue weighted by molar-refractivity contribution is 5.79. The number of piperidine rings is 1. The Bertz CT molecular complexity index is 264. The highest BCUT2D eigenvalue weighted by atomic mass is 16.5. The lowest BCUT2D eigenvalue weighted by atomic mass is 9.96. The Morgan fingerprint density at radius 3 is 2.71 bits per heavy atom. The summed E-state index contributed by atoms with van der Waals surface area (Å²) < 4.78 is 5.80. The number of carbonyl (C=O) groups excluding carboxylic acids is 1. The molecule has 0 bridgehead atoms. The van der Waals surface area contributed by atoms with Crippen LogP contribution in [-0.2, 0) is 9.53 Å². The van der Waals surface area contributed by atoms with Crippen LogP contribution in [0.3, 0.4) is 0 Å². The van der Waals surface area contributed by atoms with Gasteiger partial charge < -0.3 is 15.0 Å². The van der Waals surface area contributed by atoms with Gasteiger partial charge >= 0.3 is 0 Å². The normalized spacial score (nSPS) is 31.5. The topological polar surface area (TPSA) is 41.6 Å². The molecule has 0 aromatic rings. The van der Waals surface area contributed by atoms with Crippen molar-refractivity contribution in [1.29, 1.82) is 0 Å². The third kappa shape index (κ3) is 3.19. The van der Waals surface area contributed by atoms with Gasteiger partial charge in [0.05, 0.1) is 12.2 Å². The van der Waals surface area contributed by atoms with Gasteiger partial charge in [0, 0.05) is 19.0 Å². The Labute approximate surface area is 104 Å². The molecule has 4 nitrogen and oxygen atoms in total. The second kappa shape index (κ2) is 5.83. The lowest BCUT2D eigenvalue weighted by Crippen LogP contribution is -2.51. The Kier molecular flexibility index (Phi) is 4.40. The van der Waals surface area contributed by atoms with Crippen molar-refractivity contribution >= 4 is 5.91 Å². The first-order valence-electron chi connectivity index (χ1n) is 6.85. The van der Waals surface area contributed by atoms with Gasteiger partial charge in [-0.05, 0) is 39.3 Å². The van der Waals surface area contributed by atoms with E-state index in [1.165, 1.54) is 0 Å². The lowest BCUT2D eigenvalue weighted by Gasteiger charge is -2.38. The number of nitrogens with one attached hydrogen (secondary N) is 1. The minimum absolute atomic E-state index is 0.180. The van der Waals surface area contributed by atoms with Crippen LogP contribution in [0.5, 0.6) is 0 Å². The molecule has 2 aliphatic heterocycles. The Morgan fingerprint density at radius 1 is 1.35 bits per heavy atom. The number of amides is 1. The van der Waals surface area contributed by atoms with Crippen molar-refractivity contribution in [3.8, 4) is 0 Å². The molecule has 0 spiro atoms. The number of rotatable bonds is 2. The summed E-state index contributed by atoms with van der Waals surface area (Å²) in [7, 11) is 0. The van der Waals surface area contributed by atoms with Crippen LogP contribution < -0.4 is 5.32 Å². The van der Waals surface area contributed by atoms with Crippen LogP contribution in [0.15, 0.2) is 0 Å². The van der Waals surface area contributed by atoms with Crippen molar-refractivity contribution in [2.45, 2.75) is 45.3 Å². The SMILES string of the molecule is CCC1CN(C(=O)C2CCNCC2)CC(C)O1. The molecule has 0 aromatic heterocycles. The van der Waals surface area contributed by atoms with Gasteiger partial charge in [-0.1, -0.05) is 6.92 Å². The number of hydrogen-bond donors (Lipinski definition) is 1. The Balaban J connectivity index is 1.93. The largest absolute Gasteiger partial charge is 0.372 e. The maximum Gasteiger partial charge on any atom is 0.225 e. The first-order valence-corrected chi connectivity index (χ1v) is 6.85. The van der Waals surface area contributed by atoms with Crippen molar-refractivity contribution in [3.05, 3.63) is 0 Å². The second-order valence-corrected chi connectivity index (χ2v) is 5.24. The molecule has 0 aromatic carbocycles. The number of ether oxygens (including phenoxy) is 1. The minimum atomic E-state index is 0.180. The summed E-state index contributed by atoms with van der Waals surface area (Å²) in [5.74, 6) is 0.583. The summed E-state index contributed by atoms with van der Waals surface area (Å²) >= 11 is 0. The molecule has 4 heteroatoms. The maximum absolute atomic E-state index is 12.4. The Hall–Kier alpha value is -0.610. The third-order valence-electron chi connectivity index (χ3n) is 3.78. The van der Waals surface area contributed by atoms with Gasteiger partial charge in [0.25, 0.3) is 0 Å². The third-order valence-corrected chi connectivity index (χ3v) is 3.78. The van der Waals surface area contributed by atoms with E-state index >= 15 is 0 Å². The number of morpholine rings is 1. The maximum atomic E-state index is 12.4. The number of carbonyl (C=O) groups is 1. The van der Waals surface area contributed by atoms with Crippen LogP contribution in [0, 0.1) is 5.92 Å². The summed E-state index contributed by atoms with van der Waals surface area (Å²) in [4.78, 5) is 14.4.